The Balaban J connectivity index is 2.29. The molecule has 0 bridgehead atoms. The first-order valence-corrected chi connectivity index (χ1v) is 13.1. The number of nitrogens with zero attached hydrogens (tertiary/aromatic N) is 1. The smallest absolute Gasteiger partial charge is 0.335 e. The Bertz CT molecular complexity index is 1240. The lowest BCUT2D eigenvalue weighted by molar-refractivity contribution is -0.480. The Morgan fingerprint density at radius 1 is 0.743 bits per heavy atom. The van der Waals surface area contributed by atoms with Crippen LogP contribution in [-0.2, 0) is 9.53 Å². The van der Waals surface area contributed by atoms with Crippen LogP contribution in [0.5, 0.6) is 0 Å². The fourth-order valence-corrected chi connectivity index (χ4v) is 9.27. The van der Waals surface area contributed by atoms with Crippen molar-refractivity contribution in [3.05, 3.63) is 137 Å². The monoisotopic (exact) mass is 483 g/mol. The minimum Gasteiger partial charge on any atom is -0.466 e. The van der Waals surface area contributed by atoms with Gasteiger partial charge in [-0.1, -0.05) is 121 Å². The van der Waals surface area contributed by atoms with Gasteiger partial charge >= 0.3 is 5.97 Å². The van der Waals surface area contributed by atoms with Crippen molar-refractivity contribution < 1.29 is 14.5 Å². The Labute approximate surface area is 205 Å². The van der Waals surface area contributed by atoms with E-state index in [9.17, 15) is 14.9 Å². The van der Waals surface area contributed by atoms with Gasteiger partial charge in [0.1, 0.15) is 0 Å². The highest BCUT2D eigenvalue weighted by Gasteiger charge is 2.40. The van der Waals surface area contributed by atoms with Gasteiger partial charge < -0.3 is 4.74 Å². The second-order valence-electron chi connectivity index (χ2n) is 8.03. The topological polar surface area (TPSA) is 69.4 Å². The Morgan fingerprint density at radius 3 is 1.46 bits per heavy atom. The second kappa shape index (κ2) is 11.0. The number of hydrogen-bond donors (Lipinski definition) is 0. The molecule has 176 valence electrons. The predicted octanol–water partition coefficient (Wildman–Crippen LogP) is 4.39. The summed E-state index contributed by atoms with van der Waals surface area (Å²) in [5.41, 5.74) is 0.705. The SMILES string of the molecule is COC(=O)C(C(C[N+](=O)[O-])c1ccccc1)=P(c1ccccc1)(c1ccccc1)c1ccccc1. The maximum Gasteiger partial charge on any atom is 0.335 e. The first kappa shape index (κ1) is 24.2. The number of rotatable bonds is 8. The molecule has 1 unspecified atom stereocenters. The van der Waals surface area contributed by atoms with Gasteiger partial charge in [0.05, 0.1) is 18.3 Å². The highest BCUT2D eigenvalue weighted by molar-refractivity contribution is 7.96. The van der Waals surface area contributed by atoms with Gasteiger partial charge in [-0.25, -0.2) is 4.79 Å². The van der Waals surface area contributed by atoms with Gasteiger partial charge in [0.25, 0.3) is 0 Å². The van der Waals surface area contributed by atoms with E-state index in [1.165, 1.54) is 7.11 Å². The number of ether oxygens (including phenoxy) is 1. The molecule has 0 radical (unpaired) electrons. The number of esters is 1. The summed E-state index contributed by atoms with van der Waals surface area (Å²) >= 11 is 0. The predicted molar refractivity (Wildman–Crippen MR) is 143 cm³/mol. The number of methoxy groups -OCH3 is 1. The number of hydrogen-bond acceptors (Lipinski definition) is 4. The average Bonchev–Trinajstić information content (AvgIpc) is 2.92. The first-order valence-electron chi connectivity index (χ1n) is 11.3. The summed E-state index contributed by atoms with van der Waals surface area (Å²) in [5, 5.41) is 15.2. The van der Waals surface area contributed by atoms with E-state index in [1.54, 1.807) is 0 Å². The van der Waals surface area contributed by atoms with Crippen LogP contribution in [0.25, 0.3) is 0 Å². The molecule has 4 aromatic carbocycles. The summed E-state index contributed by atoms with van der Waals surface area (Å²) in [4.78, 5) is 25.5. The summed E-state index contributed by atoms with van der Waals surface area (Å²) in [6, 6.07) is 38.7. The molecule has 0 aliphatic carbocycles. The zero-order valence-corrected chi connectivity index (χ0v) is 20.3. The van der Waals surface area contributed by atoms with Crippen molar-refractivity contribution in [3.63, 3.8) is 0 Å². The van der Waals surface area contributed by atoms with E-state index in [-0.39, 0.29) is 4.92 Å². The van der Waals surface area contributed by atoms with Crippen molar-refractivity contribution in [1.29, 1.82) is 0 Å². The molecule has 1 atom stereocenters. The van der Waals surface area contributed by atoms with Gasteiger partial charge in [-0.15, -0.1) is 0 Å². The summed E-state index contributed by atoms with van der Waals surface area (Å²) in [6.07, 6.45) is 0. The Hall–Kier alpha value is -3.95. The van der Waals surface area contributed by atoms with Crippen molar-refractivity contribution in [2.75, 3.05) is 13.7 Å². The van der Waals surface area contributed by atoms with E-state index in [2.05, 4.69) is 0 Å². The lowest BCUT2D eigenvalue weighted by Crippen LogP contribution is -2.39. The van der Waals surface area contributed by atoms with Crippen molar-refractivity contribution >= 4 is 34.1 Å². The zero-order chi connectivity index (χ0) is 24.7. The van der Waals surface area contributed by atoms with Gasteiger partial charge in [-0.3, -0.25) is 10.1 Å². The van der Waals surface area contributed by atoms with Crippen molar-refractivity contribution in [3.8, 4) is 0 Å². The maximum absolute atomic E-state index is 13.8. The van der Waals surface area contributed by atoms with Crippen molar-refractivity contribution in [2.45, 2.75) is 5.92 Å². The summed E-state index contributed by atoms with van der Waals surface area (Å²) in [6.45, 7) is -3.30. The first-order chi connectivity index (χ1) is 17.1. The number of carbonyl (C=O) groups is 1. The maximum atomic E-state index is 13.8. The fraction of sp³-hybridized carbons (Fsp3) is 0.103. The van der Waals surface area contributed by atoms with Gasteiger partial charge in [0, 0.05) is 4.92 Å². The Morgan fingerprint density at radius 2 is 1.11 bits per heavy atom. The van der Waals surface area contributed by atoms with Crippen molar-refractivity contribution in [2.24, 2.45) is 0 Å². The van der Waals surface area contributed by atoms with Crippen LogP contribution in [0.2, 0.25) is 0 Å². The molecule has 0 aromatic heterocycles. The van der Waals surface area contributed by atoms with E-state index in [4.69, 9.17) is 4.74 Å². The third-order valence-corrected chi connectivity index (χ3v) is 10.5. The van der Waals surface area contributed by atoms with Gasteiger partial charge in [-0.2, -0.15) is 0 Å². The summed E-state index contributed by atoms with van der Waals surface area (Å²) in [5.74, 6) is -1.32. The second-order valence-corrected chi connectivity index (χ2v) is 11.4. The van der Waals surface area contributed by atoms with Gasteiger partial charge in [0.15, 0.2) is 0 Å². The summed E-state index contributed by atoms with van der Waals surface area (Å²) in [7, 11) is 1.34. The largest absolute Gasteiger partial charge is 0.466 e. The Kier molecular flexibility index (Phi) is 7.59. The summed E-state index contributed by atoms with van der Waals surface area (Å²) < 4.78 is 5.40. The molecule has 0 spiro atoms. The third-order valence-electron chi connectivity index (χ3n) is 6.05. The molecule has 0 aliphatic heterocycles. The normalized spacial score (nSPS) is 11.9. The van der Waals surface area contributed by atoms with Gasteiger partial charge in [0.2, 0.25) is 6.54 Å². The molecule has 0 saturated carbocycles. The van der Waals surface area contributed by atoms with E-state index in [0.29, 0.717) is 10.9 Å². The van der Waals surface area contributed by atoms with E-state index in [1.807, 2.05) is 121 Å². The van der Waals surface area contributed by atoms with Crippen LogP contribution in [-0.4, -0.2) is 29.8 Å². The zero-order valence-electron chi connectivity index (χ0n) is 19.4. The molecule has 4 aromatic rings. The van der Waals surface area contributed by atoms with Crippen LogP contribution in [0.4, 0.5) is 0 Å². The molecule has 6 heteroatoms. The molecule has 0 fully saturated rings. The molecule has 4 rings (SSSR count). The van der Waals surface area contributed by atoms with Gasteiger partial charge in [-0.05, 0) is 28.4 Å². The van der Waals surface area contributed by atoms with E-state index in [0.717, 1.165) is 15.9 Å². The molecule has 0 N–H and O–H groups in total. The third kappa shape index (κ3) is 4.82. The van der Waals surface area contributed by atoms with Crippen LogP contribution < -0.4 is 15.9 Å². The van der Waals surface area contributed by atoms with E-state index < -0.39 is 25.3 Å². The average molecular weight is 484 g/mol. The molecule has 0 heterocycles. The number of carbonyl (C=O) groups excluding carboxylic acids is 1. The minimum absolute atomic E-state index is 0.351. The van der Waals surface area contributed by atoms with E-state index >= 15 is 0 Å². The highest BCUT2D eigenvalue weighted by Crippen LogP contribution is 2.49. The molecule has 0 saturated heterocycles. The standard InChI is InChI=1S/C29H26NO4P/c1-34-29(31)28(27(22-30(32)33)23-14-6-2-7-15-23)35(24-16-8-3-9-17-24,25-18-10-4-11-19-25)26-20-12-5-13-21-26/h2-21,27H,22H2,1H3. The van der Waals surface area contributed by atoms with Crippen LogP contribution in [0.3, 0.4) is 0 Å². The van der Waals surface area contributed by atoms with Crippen LogP contribution in [0, 0.1) is 10.1 Å². The van der Waals surface area contributed by atoms with Crippen LogP contribution in [0.15, 0.2) is 121 Å². The quantitative estimate of drug-likeness (QED) is 0.161. The molecule has 5 nitrogen and oxygen atoms in total. The van der Waals surface area contributed by atoms with Crippen LogP contribution >= 0.6 is 6.89 Å². The minimum atomic E-state index is -2.88. The number of nitro groups is 1. The number of benzene rings is 4. The fourth-order valence-electron chi connectivity index (χ4n) is 4.62. The lowest BCUT2D eigenvalue weighted by Gasteiger charge is -2.34. The molecular formula is C29H26NO4P. The molecule has 35 heavy (non-hydrogen) atoms. The lowest BCUT2D eigenvalue weighted by atomic mass is 9.95. The molecule has 0 aliphatic rings. The molecule has 0 amide bonds. The van der Waals surface area contributed by atoms with Crippen LogP contribution in [0.1, 0.15) is 11.5 Å². The molecular weight excluding hydrogens is 457 g/mol. The van der Waals surface area contributed by atoms with Crippen molar-refractivity contribution in [1.82, 2.24) is 0 Å². The highest BCUT2D eigenvalue weighted by atomic mass is 31.2.